The lowest BCUT2D eigenvalue weighted by Crippen LogP contribution is -1.80. The van der Waals surface area contributed by atoms with E-state index in [9.17, 15) is 0 Å². The lowest BCUT2D eigenvalue weighted by atomic mass is 10.2. The van der Waals surface area contributed by atoms with Crippen LogP contribution in [0, 0.1) is 6.92 Å². The number of aromatic nitrogens is 1. The minimum atomic E-state index is 0.732. The summed E-state index contributed by atoms with van der Waals surface area (Å²) in [6.07, 6.45) is 1.49. The van der Waals surface area contributed by atoms with Crippen LogP contribution < -0.4 is 0 Å². The molecule has 0 aliphatic heterocycles. The largest absolute Gasteiger partial charge is 0.442 e. The number of halogens is 1. The predicted octanol–water partition coefficient (Wildman–Crippen LogP) is 3.61. The molecule has 2 aromatic rings. The summed E-state index contributed by atoms with van der Waals surface area (Å²) in [4.78, 5) is 5.30. The Labute approximate surface area is 88.7 Å². The number of aryl methyl sites for hydroxylation is 1. The van der Waals surface area contributed by atoms with Crippen molar-refractivity contribution in [2.24, 2.45) is 0 Å². The van der Waals surface area contributed by atoms with E-state index in [1.807, 2.05) is 0 Å². The minimum absolute atomic E-state index is 0.732. The molecule has 0 amide bonds. The van der Waals surface area contributed by atoms with Gasteiger partial charge in [-0.25, -0.2) is 4.98 Å². The van der Waals surface area contributed by atoms with Crippen LogP contribution in [0.25, 0.3) is 10.6 Å². The van der Waals surface area contributed by atoms with Gasteiger partial charge in [0, 0.05) is 5.33 Å². The molecule has 4 heteroatoms. The summed E-state index contributed by atoms with van der Waals surface area (Å²) in [5.41, 5.74) is 2.20. The van der Waals surface area contributed by atoms with E-state index in [1.54, 1.807) is 11.3 Å². The lowest BCUT2D eigenvalue weighted by Gasteiger charge is -1.95. The third kappa shape index (κ3) is 1.56. The Morgan fingerprint density at radius 3 is 3.08 bits per heavy atom. The van der Waals surface area contributed by atoms with Crippen LogP contribution in [0.2, 0.25) is 0 Å². The van der Waals surface area contributed by atoms with Crippen LogP contribution in [0.5, 0.6) is 0 Å². The second-order valence-electron chi connectivity index (χ2n) is 2.69. The number of oxazole rings is 1. The highest BCUT2D eigenvalue weighted by Gasteiger charge is 2.12. The van der Waals surface area contributed by atoms with Gasteiger partial charge in [0.25, 0.3) is 0 Å². The molecular weight excluding hydrogens is 250 g/mol. The number of nitrogens with zero attached hydrogens (tertiary/aromatic N) is 1. The molecule has 2 aromatic heterocycles. The summed E-state index contributed by atoms with van der Waals surface area (Å²) in [5.74, 6) is 0.893. The Bertz CT molecular complexity index is 407. The fourth-order valence-electron chi connectivity index (χ4n) is 1.15. The fourth-order valence-corrected chi connectivity index (χ4v) is 2.49. The van der Waals surface area contributed by atoms with Crippen molar-refractivity contribution in [3.05, 3.63) is 29.1 Å². The Balaban J connectivity index is 2.52. The molecule has 2 rings (SSSR count). The number of alkyl halides is 1. The third-order valence-electron chi connectivity index (χ3n) is 1.84. The maximum atomic E-state index is 5.35. The number of rotatable bonds is 2. The van der Waals surface area contributed by atoms with E-state index in [4.69, 9.17) is 4.42 Å². The highest BCUT2D eigenvalue weighted by Crippen LogP contribution is 2.31. The fraction of sp³-hybridized carbons (Fsp3) is 0.222. The van der Waals surface area contributed by atoms with Crippen molar-refractivity contribution in [1.82, 2.24) is 4.98 Å². The monoisotopic (exact) mass is 257 g/mol. The predicted molar refractivity (Wildman–Crippen MR) is 57.2 cm³/mol. The van der Waals surface area contributed by atoms with Gasteiger partial charge in [-0.2, -0.15) is 0 Å². The van der Waals surface area contributed by atoms with E-state index in [-0.39, 0.29) is 0 Å². The second-order valence-corrected chi connectivity index (χ2v) is 4.17. The van der Waals surface area contributed by atoms with E-state index in [2.05, 4.69) is 39.3 Å². The molecule has 0 unspecified atom stereocenters. The van der Waals surface area contributed by atoms with Crippen LogP contribution in [0.4, 0.5) is 0 Å². The summed E-state index contributed by atoms with van der Waals surface area (Å²) < 4.78 is 5.35. The first-order valence-electron chi connectivity index (χ1n) is 3.85. The van der Waals surface area contributed by atoms with Gasteiger partial charge in [0.15, 0.2) is 12.2 Å². The van der Waals surface area contributed by atoms with Gasteiger partial charge in [-0.3, -0.25) is 0 Å². The molecule has 0 bridgehead atoms. The summed E-state index contributed by atoms with van der Waals surface area (Å²) in [7, 11) is 0. The van der Waals surface area contributed by atoms with Crippen LogP contribution in [0.1, 0.15) is 11.3 Å². The van der Waals surface area contributed by atoms with E-state index in [1.165, 1.54) is 16.8 Å². The van der Waals surface area contributed by atoms with Crippen LogP contribution >= 0.6 is 27.3 Å². The maximum absolute atomic E-state index is 5.35. The van der Waals surface area contributed by atoms with Crippen LogP contribution in [-0.2, 0) is 5.33 Å². The number of hydrogen-bond donors (Lipinski definition) is 0. The average molecular weight is 258 g/mol. The van der Waals surface area contributed by atoms with Gasteiger partial charge in [-0.15, -0.1) is 11.3 Å². The first-order chi connectivity index (χ1) is 6.33. The third-order valence-corrected chi connectivity index (χ3v) is 3.38. The number of thiophene rings is 1. The SMILES string of the molecule is Cc1ccsc1-c1ocnc1CBr. The Kier molecular flexibility index (Phi) is 2.51. The van der Waals surface area contributed by atoms with Crippen LogP contribution in [-0.4, -0.2) is 4.98 Å². The minimum Gasteiger partial charge on any atom is -0.442 e. The van der Waals surface area contributed by atoms with Gasteiger partial charge in [0.05, 0.1) is 10.6 Å². The highest BCUT2D eigenvalue weighted by molar-refractivity contribution is 9.08. The van der Waals surface area contributed by atoms with Gasteiger partial charge in [-0.05, 0) is 23.9 Å². The maximum Gasteiger partial charge on any atom is 0.181 e. The van der Waals surface area contributed by atoms with Gasteiger partial charge in [0.2, 0.25) is 0 Å². The molecule has 2 nitrogen and oxygen atoms in total. The normalized spacial score (nSPS) is 10.6. The molecule has 0 aliphatic carbocycles. The molecule has 68 valence electrons. The second kappa shape index (κ2) is 3.64. The van der Waals surface area contributed by atoms with E-state index in [0.29, 0.717) is 0 Å². The average Bonchev–Trinajstić information content (AvgIpc) is 2.71. The smallest absolute Gasteiger partial charge is 0.181 e. The molecule has 0 saturated heterocycles. The zero-order valence-electron chi connectivity index (χ0n) is 7.08. The summed E-state index contributed by atoms with van der Waals surface area (Å²) in [6.45, 7) is 2.08. The van der Waals surface area contributed by atoms with E-state index in [0.717, 1.165) is 16.8 Å². The Morgan fingerprint density at radius 1 is 1.62 bits per heavy atom. The summed E-state index contributed by atoms with van der Waals surface area (Å²) >= 11 is 5.06. The highest BCUT2D eigenvalue weighted by atomic mass is 79.9. The van der Waals surface area contributed by atoms with Gasteiger partial charge < -0.3 is 4.42 Å². The molecule has 0 radical (unpaired) electrons. The van der Waals surface area contributed by atoms with Crippen molar-refractivity contribution in [1.29, 1.82) is 0 Å². The van der Waals surface area contributed by atoms with Crippen molar-refractivity contribution >= 4 is 27.3 Å². The Morgan fingerprint density at radius 2 is 2.46 bits per heavy atom. The van der Waals surface area contributed by atoms with Crippen molar-refractivity contribution in [3.8, 4) is 10.6 Å². The Hall–Kier alpha value is -0.610. The first kappa shape index (κ1) is 8.97. The van der Waals surface area contributed by atoms with Crippen LogP contribution in [0.3, 0.4) is 0 Å². The molecular formula is C9H8BrNOS. The molecule has 0 fully saturated rings. The molecule has 13 heavy (non-hydrogen) atoms. The molecule has 0 N–H and O–H groups in total. The summed E-state index contributed by atoms with van der Waals surface area (Å²) in [5, 5.41) is 2.79. The molecule has 0 spiro atoms. The molecule has 2 heterocycles. The molecule has 0 saturated carbocycles. The summed E-state index contributed by atoms with van der Waals surface area (Å²) in [6, 6.07) is 2.08. The standard InChI is InChI=1S/C9H8BrNOS/c1-6-2-3-13-9(6)8-7(4-10)11-5-12-8/h2-3,5H,4H2,1H3. The zero-order chi connectivity index (χ0) is 9.26. The molecule has 0 aromatic carbocycles. The van der Waals surface area contributed by atoms with Gasteiger partial charge in [0.1, 0.15) is 0 Å². The number of hydrogen-bond acceptors (Lipinski definition) is 3. The molecule has 0 atom stereocenters. The van der Waals surface area contributed by atoms with E-state index >= 15 is 0 Å². The first-order valence-corrected chi connectivity index (χ1v) is 5.86. The van der Waals surface area contributed by atoms with Crippen LogP contribution in [0.15, 0.2) is 22.3 Å². The van der Waals surface area contributed by atoms with Crippen molar-refractivity contribution in [3.63, 3.8) is 0 Å². The topological polar surface area (TPSA) is 26.0 Å². The zero-order valence-corrected chi connectivity index (χ0v) is 9.48. The molecule has 0 aliphatic rings. The van der Waals surface area contributed by atoms with Gasteiger partial charge in [-0.1, -0.05) is 15.9 Å². The van der Waals surface area contributed by atoms with Gasteiger partial charge >= 0.3 is 0 Å². The van der Waals surface area contributed by atoms with E-state index < -0.39 is 0 Å². The van der Waals surface area contributed by atoms with Crippen molar-refractivity contribution < 1.29 is 4.42 Å². The quantitative estimate of drug-likeness (QED) is 0.769. The lowest BCUT2D eigenvalue weighted by molar-refractivity contribution is 0.572. The van der Waals surface area contributed by atoms with Crippen molar-refractivity contribution in [2.75, 3.05) is 0 Å². The van der Waals surface area contributed by atoms with Crippen molar-refractivity contribution in [2.45, 2.75) is 12.3 Å².